The standard InChI is InChI=1S/C22H21N5O4S3/c1-28-14-7-17(30-11-13-12-33-20(23-13)26-3-5-32-6-4-26)15-9-19(31-18(15)8-14)16-10-27-21(24-16)34-22(25-27)29-2/h7-10,12H,3-6,11H2,1-2H3. The highest BCUT2D eigenvalue weighted by Gasteiger charge is 2.18. The summed E-state index contributed by atoms with van der Waals surface area (Å²) in [6.07, 6.45) is 1.82. The van der Waals surface area contributed by atoms with Gasteiger partial charge < -0.3 is 23.5 Å². The number of hydrogen-bond acceptors (Lipinski definition) is 11. The first kappa shape index (κ1) is 21.6. The van der Waals surface area contributed by atoms with E-state index in [9.17, 15) is 0 Å². The fraction of sp³-hybridized carbons (Fsp3) is 0.318. The molecule has 0 saturated carbocycles. The normalized spacial score (nSPS) is 14.2. The topological polar surface area (TPSA) is 87.2 Å². The molecule has 0 aliphatic carbocycles. The number of ether oxygens (including phenoxy) is 3. The molecule has 9 nitrogen and oxygen atoms in total. The molecule has 0 radical (unpaired) electrons. The molecule has 34 heavy (non-hydrogen) atoms. The highest BCUT2D eigenvalue weighted by Crippen LogP contribution is 2.37. The molecule has 5 aromatic rings. The molecule has 1 aliphatic rings. The SMILES string of the molecule is COc1cc(OCc2csc(N3CCSCC3)n2)c2cc(-c3cn4nc(OC)sc4n3)oc2c1. The second kappa shape index (κ2) is 9.01. The molecule has 176 valence electrons. The molecule has 0 bridgehead atoms. The minimum absolute atomic E-state index is 0.367. The molecule has 1 saturated heterocycles. The monoisotopic (exact) mass is 515 g/mol. The van der Waals surface area contributed by atoms with E-state index in [0.29, 0.717) is 40.3 Å². The maximum Gasteiger partial charge on any atom is 0.294 e. The van der Waals surface area contributed by atoms with E-state index in [1.807, 2.05) is 36.2 Å². The Bertz CT molecular complexity index is 1420. The molecule has 0 unspecified atom stereocenters. The minimum atomic E-state index is 0.367. The number of fused-ring (bicyclic) bond motifs is 2. The molecule has 5 heterocycles. The molecular weight excluding hydrogens is 494 g/mol. The zero-order valence-electron chi connectivity index (χ0n) is 18.5. The summed E-state index contributed by atoms with van der Waals surface area (Å²) in [5.41, 5.74) is 2.26. The maximum atomic E-state index is 6.20. The Kier molecular flexibility index (Phi) is 5.71. The number of hydrogen-bond donors (Lipinski definition) is 0. The lowest BCUT2D eigenvalue weighted by atomic mass is 10.2. The number of thioether (sulfide) groups is 1. The van der Waals surface area contributed by atoms with E-state index in [4.69, 9.17) is 23.6 Å². The van der Waals surface area contributed by atoms with E-state index in [1.54, 1.807) is 30.1 Å². The Hall–Kier alpha value is -2.96. The Labute approximate surface area is 207 Å². The zero-order valence-corrected chi connectivity index (χ0v) is 21.0. The van der Waals surface area contributed by atoms with Crippen LogP contribution < -0.4 is 19.1 Å². The van der Waals surface area contributed by atoms with E-state index in [1.165, 1.54) is 11.3 Å². The van der Waals surface area contributed by atoms with Crippen LogP contribution in [-0.2, 0) is 6.61 Å². The molecule has 0 spiro atoms. The second-order valence-electron chi connectivity index (χ2n) is 7.58. The largest absolute Gasteiger partial charge is 0.496 e. The number of anilines is 1. The lowest BCUT2D eigenvalue weighted by Crippen LogP contribution is -2.32. The van der Waals surface area contributed by atoms with E-state index in [0.717, 1.165) is 45.8 Å². The van der Waals surface area contributed by atoms with Gasteiger partial charge in [-0.1, -0.05) is 0 Å². The molecule has 1 aliphatic heterocycles. The minimum Gasteiger partial charge on any atom is -0.496 e. The van der Waals surface area contributed by atoms with Crippen LogP contribution in [0.15, 0.2) is 34.2 Å². The summed E-state index contributed by atoms with van der Waals surface area (Å²) in [5.74, 6) is 4.26. The van der Waals surface area contributed by atoms with Gasteiger partial charge in [0.15, 0.2) is 10.9 Å². The molecule has 1 fully saturated rings. The molecule has 0 N–H and O–H groups in total. The van der Waals surface area contributed by atoms with Crippen molar-refractivity contribution in [1.29, 1.82) is 0 Å². The van der Waals surface area contributed by atoms with Gasteiger partial charge in [0.25, 0.3) is 5.19 Å². The molecule has 12 heteroatoms. The number of rotatable bonds is 7. The highest BCUT2D eigenvalue weighted by molar-refractivity contribution is 7.99. The summed E-state index contributed by atoms with van der Waals surface area (Å²) >= 11 is 5.03. The average molecular weight is 516 g/mol. The molecule has 4 aromatic heterocycles. The van der Waals surface area contributed by atoms with Gasteiger partial charge in [-0.25, -0.2) is 14.5 Å². The Morgan fingerprint density at radius 2 is 1.97 bits per heavy atom. The smallest absolute Gasteiger partial charge is 0.294 e. The van der Waals surface area contributed by atoms with Crippen molar-refractivity contribution >= 4 is 55.5 Å². The van der Waals surface area contributed by atoms with Crippen LogP contribution in [-0.4, -0.2) is 58.4 Å². The molecular formula is C22H21N5O4S3. The quantitative estimate of drug-likeness (QED) is 0.303. The first-order valence-corrected chi connectivity index (χ1v) is 13.5. The number of aromatic nitrogens is 4. The third kappa shape index (κ3) is 4.05. The summed E-state index contributed by atoms with van der Waals surface area (Å²) < 4.78 is 24.6. The van der Waals surface area contributed by atoms with Crippen molar-refractivity contribution < 1.29 is 18.6 Å². The fourth-order valence-corrected chi connectivity index (χ4v) is 6.21. The third-order valence-corrected chi connectivity index (χ3v) is 8.23. The summed E-state index contributed by atoms with van der Waals surface area (Å²) in [6.45, 7) is 2.45. The van der Waals surface area contributed by atoms with E-state index < -0.39 is 0 Å². The maximum absolute atomic E-state index is 6.20. The zero-order chi connectivity index (χ0) is 23.1. The van der Waals surface area contributed by atoms with Crippen LogP contribution >= 0.6 is 34.4 Å². The lowest BCUT2D eigenvalue weighted by Gasteiger charge is -2.25. The van der Waals surface area contributed by atoms with Crippen molar-refractivity contribution in [3.63, 3.8) is 0 Å². The van der Waals surface area contributed by atoms with Crippen LogP contribution in [0.5, 0.6) is 16.7 Å². The van der Waals surface area contributed by atoms with E-state index in [-0.39, 0.29) is 0 Å². The van der Waals surface area contributed by atoms with Crippen molar-refractivity contribution in [1.82, 2.24) is 19.6 Å². The van der Waals surface area contributed by atoms with E-state index in [2.05, 4.69) is 20.4 Å². The fourth-order valence-electron chi connectivity index (χ4n) is 3.74. The van der Waals surface area contributed by atoms with Crippen LogP contribution in [0.4, 0.5) is 5.13 Å². The summed E-state index contributed by atoms with van der Waals surface area (Å²) in [6, 6.07) is 5.65. The van der Waals surface area contributed by atoms with Crippen molar-refractivity contribution in [2.45, 2.75) is 6.61 Å². The molecule has 0 atom stereocenters. The predicted octanol–water partition coefficient (Wildman–Crippen LogP) is 4.81. The third-order valence-electron chi connectivity index (χ3n) is 5.46. The Balaban J connectivity index is 1.27. The number of benzene rings is 1. The predicted molar refractivity (Wildman–Crippen MR) is 135 cm³/mol. The van der Waals surface area contributed by atoms with E-state index >= 15 is 0 Å². The lowest BCUT2D eigenvalue weighted by molar-refractivity contribution is 0.303. The van der Waals surface area contributed by atoms with Crippen molar-refractivity contribution in [2.75, 3.05) is 43.7 Å². The highest BCUT2D eigenvalue weighted by atomic mass is 32.2. The Morgan fingerprint density at radius 3 is 2.76 bits per heavy atom. The van der Waals surface area contributed by atoms with Gasteiger partial charge in [-0.2, -0.15) is 11.8 Å². The summed E-state index contributed by atoms with van der Waals surface area (Å²) in [7, 11) is 3.22. The summed E-state index contributed by atoms with van der Waals surface area (Å²) in [4.78, 5) is 12.5. The van der Waals surface area contributed by atoms with Crippen LogP contribution in [0.3, 0.4) is 0 Å². The van der Waals surface area contributed by atoms with Crippen molar-refractivity contribution in [2.24, 2.45) is 0 Å². The van der Waals surface area contributed by atoms with Gasteiger partial charge in [-0.15, -0.1) is 16.4 Å². The number of nitrogens with zero attached hydrogens (tertiary/aromatic N) is 5. The first-order chi connectivity index (χ1) is 16.7. The molecule has 6 rings (SSSR count). The Morgan fingerprint density at radius 1 is 1.09 bits per heavy atom. The van der Waals surface area contributed by atoms with Crippen LogP contribution in [0, 0.1) is 0 Å². The summed E-state index contributed by atoms with van der Waals surface area (Å²) in [5, 5.41) is 8.86. The van der Waals surface area contributed by atoms with Gasteiger partial charge in [0, 0.05) is 42.1 Å². The van der Waals surface area contributed by atoms with Crippen molar-refractivity contribution in [3.8, 4) is 28.1 Å². The first-order valence-electron chi connectivity index (χ1n) is 10.6. The van der Waals surface area contributed by atoms with Gasteiger partial charge in [0.2, 0.25) is 4.96 Å². The number of thiazole rings is 1. The van der Waals surface area contributed by atoms with Gasteiger partial charge in [0.05, 0.1) is 31.5 Å². The van der Waals surface area contributed by atoms with Gasteiger partial charge in [0.1, 0.15) is 29.4 Å². The van der Waals surface area contributed by atoms with Gasteiger partial charge >= 0.3 is 0 Å². The average Bonchev–Trinajstić information content (AvgIpc) is 3.65. The number of imidazole rings is 1. The van der Waals surface area contributed by atoms with Gasteiger partial charge in [-0.05, 0) is 17.4 Å². The van der Waals surface area contributed by atoms with Crippen molar-refractivity contribution in [3.05, 3.63) is 35.5 Å². The van der Waals surface area contributed by atoms with Crippen LogP contribution in [0.2, 0.25) is 0 Å². The second-order valence-corrected chi connectivity index (χ2v) is 10.6. The van der Waals surface area contributed by atoms with Crippen LogP contribution in [0.1, 0.15) is 5.69 Å². The van der Waals surface area contributed by atoms with Gasteiger partial charge in [-0.3, -0.25) is 0 Å². The molecule has 0 amide bonds. The van der Waals surface area contributed by atoms with Crippen LogP contribution in [0.25, 0.3) is 27.4 Å². The number of methoxy groups -OCH3 is 2. The number of furan rings is 1. The molecule has 1 aromatic carbocycles.